The van der Waals surface area contributed by atoms with Gasteiger partial charge in [-0.05, 0) is 84.9 Å². The van der Waals surface area contributed by atoms with Crippen LogP contribution in [-0.4, -0.2) is 15.0 Å². The predicted molar refractivity (Wildman–Crippen MR) is 235 cm³/mol. The molecule has 2 heterocycles. The quantitative estimate of drug-likeness (QED) is 0.126. The highest BCUT2D eigenvalue weighted by atomic mass is 16.3. The third-order valence-corrected chi connectivity index (χ3v) is 10.9. The van der Waals surface area contributed by atoms with E-state index in [-0.39, 0.29) is 0 Å². The zero-order chi connectivity index (χ0) is 37.7. The fourth-order valence-electron chi connectivity index (χ4n) is 8.08. The molecule has 0 fully saturated rings. The van der Waals surface area contributed by atoms with Crippen molar-refractivity contribution in [2.45, 2.75) is 0 Å². The van der Waals surface area contributed by atoms with Crippen LogP contribution in [-0.2, 0) is 0 Å². The highest BCUT2D eigenvalue weighted by Crippen LogP contribution is 2.40. The van der Waals surface area contributed by atoms with Gasteiger partial charge in [0.25, 0.3) is 0 Å². The minimum atomic E-state index is 0.592. The van der Waals surface area contributed by atoms with E-state index in [9.17, 15) is 0 Å². The SMILES string of the molecule is c1ccc(-c2cccc(-c3nc(-c4ccc(-c5c6ccccc6cc6c5ccc5ccccc56)cc4)nc(-c4cccc(-c5cc6ccccc6o5)c4)n3)c2)cc1. The summed E-state index contributed by atoms with van der Waals surface area (Å²) < 4.78 is 6.26. The van der Waals surface area contributed by atoms with Crippen molar-refractivity contribution in [2.75, 3.05) is 0 Å². The highest BCUT2D eigenvalue weighted by Gasteiger charge is 2.17. The van der Waals surface area contributed by atoms with Gasteiger partial charge in [-0.2, -0.15) is 0 Å². The molecule has 0 saturated carbocycles. The molecule has 0 amide bonds. The van der Waals surface area contributed by atoms with E-state index in [1.807, 2.05) is 36.4 Å². The zero-order valence-electron chi connectivity index (χ0n) is 30.8. The lowest BCUT2D eigenvalue weighted by atomic mass is 9.89. The van der Waals surface area contributed by atoms with E-state index in [4.69, 9.17) is 19.4 Å². The zero-order valence-corrected chi connectivity index (χ0v) is 30.8. The van der Waals surface area contributed by atoms with E-state index in [1.54, 1.807) is 0 Å². The van der Waals surface area contributed by atoms with Gasteiger partial charge >= 0.3 is 0 Å². The van der Waals surface area contributed by atoms with Gasteiger partial charge in [-0.3, -0.25) is 0 Å². The number of aromatic nitrogens is 3. The van der Waals surface area contributed by atoms with Gasteiger partial charge in [-0.25, -0.2) is 15.0 Å². The van der Waals surface area contributed by atoms with Crippen molar-refractivity contribution < 1.29 is 4.42 Å². The molecule has 4 nitrogen and oxygen atoms in total. The van der Waals surface area contributed by atoms with Crippen molar-refractivity contribution in [3.05, 3.63) is 200 Å². The smallest absolute Gasteiger partial charge is 0.164 e. The molecule has 0 spiro atoms. The Balaban J connectivity index is 1.06. The molecule has 266 valence electrons. The molecule has 11 rings (SSSR count). The second-order valence-electron chi connectivity index (χ2n) is 14.4. The van der Waals surface area contributed by atoms with Crippen LogP contribution in [0.2, 0.25) is 0 Å². The number of para-hydroxylation sites is 1. The number of hydrogen-bond donors (Lipinski definition) is 0. The first-order valence-corrected chi connectivity index (χ1v) is 19.2. The Morgan fingerprint density at radius 2 is 0.842 bits per heavy atom. The summed E-state index contributed by atoms with van der Waals surface area (Å²) in [6, 6.07) is 70.0. The second kappa shape index (κ2) is 13.6. The van der Waals surface area contributed by atoms with Crippen LogP contribution in [0.4, 0.5) is 0 Å². The Bertz CT molecular complexity index is 3260. The molecule has 0 N–H and O–H groups in total. The van der Waals surface area contributed by atoms with E-state index < -0.39 is 0 Å². The van der Waals surface area contributed by atoms with Gasteiger partial charge < -0.3 is 4.42 Å². The summed E-state index contributed by atoms with van der Waals surface area (Å²) in [5.41, 5.74) is 9.11. The maximum atomic E-state index is 6.26. The molecule has 57 heavy (non-hydrogen) atoms. The van der Waals surface area contributed by atoms with Crippen LogP contribution in [0.3, 0.4) is 0 Å². The number of hydrogen-bond acceptors (Lipinski definition) is 4. The van der Waals surface area contributed by atoms with Crippen molar-refractivity contribution in [1.29, 1.82) is 0 Å². The van der Waals surface area contributed by atoms with Crippen LogP contribution in [0.1, 0.15) is 0 Å². The average Bonchev–Trinajstić information content (AvgIpc) is 3.73. The molecule has 0 aliphatic carbocycles. The van der Waals surface area contributed by atoms with Crippen LogP contribution in [0.15, 0.2) is 205 Å². The van der Waals surface area contributed by atoms with Gasteiger partial charge in [0.1, 0.15) is 11.3 Å². The molecule has 0 radical (unpaired) electrons. The van der Waals surface area contributed by atoms with E-state index in [2.05, 4.69) is 164 Å². The highest BCUT2D eigenvalue weighted by molar-refractivity contribution is 6.20. The molecule has 0 unspecified atom stereocenters. The number of nitrogens with zero attached hydrogens (tertiary/aromatic N) is 3. The lowest BCUT2D eigenvalue weighted by Crippen LogP contribution is -2.00. The lowest BCUT2D eigenvalue weighted by molar-refractivity contribution is 0.631. The summed E-state index contributed by atoms with van der Waals surface area (Å²) in [7, 11) is 0. The largest absolute Gasteiger partial charge is 0.456 e. The van der Waals surface area contributed by atoms with Crippen LogP contribution in [0.5, 0.6) is 0 Å². The van der Waals surface area contributed by atoms with Gasteiger partial charge in [0.05, 0.1) is 0 Å². The minimum absolute atomic E-state index is 0.592. The van der Waals surface area contributed by atoms with Gasteiger partial charge in [0, 0.05) is 27.6 Å². The molecule has 0 aliphatic heterocycles. The monoisotopic (exact) mass is 727 g/mol. The molecule has 11 aromatic rings. The van der Waals surface area contributed by atoms with Crippen LogP contribution in [0.25, 0.3) is 111 Å². The van der Waals surface area contributed by atoms with E-state index >= 15 is 0 Å². The van der Waals surface area contributed by atoms with E-state index in [0.29, 0.717) is 17.5 Å². The number of rotatable bonds is 6. The van der Waals surface area contributed by atoms with Crippen molar-refractivity contribution in [1.82, 2.24) is 15.0 Å². The van der Waals surface area contributed by atoms with Crippen LogP contribution >= 0.6 is 0 Å². The summed E-state index contributed by atoms with van der Waals surface area (Å²) in [5.74, 6) is 2.61. The summed E-state index contributed by atoms with van der Waals surface area (Å²) in [4.78, 5) is 15.4. The van der Waals surface area contributed by atoms with Crippen LogP contribution in [0, 0.1) is 0 Å². The van der Waals surface area contributed by atoms with Gasteiger partial charge in [0.2, 0.25) is 0 Å². The molecule has 2 aromatic heterocycles. The molecule has 0 saturated heterocycles. The fourth-order valence-corrected chi connectivity index (χ4v) is 8.08. The summed E-state index contributed by atoms with van der Waals surface area (Å²) in [6.45, 7) is 0. The topological polar surface area (TPSA) is 51.8 Å². The third kappa shape index (κ3) is 5.92. The first-order valence-electron chi connectivity index (χ1n) is 19.2. The summed E-state index contributed by atoms with van der Waals surface area (Å²) in [5, 5.41) is 8.47. The first-order chi connectivity index (χ1) is 28.2. The molecular weight excluding hydrogens is 695 g/mol. The molecule has 9 aromatic carbocycles. The third-order valence-electron chi connectivity index (χ3n) is 10.9. The molecule has 0 bridgehead atoms. The molecule has 0 aliphatic rings. The van der Waals surface area contributed by atoms with E-state index in [1.165, 1.54) is 37.9 Å². The minimum Gasteiger partial charge on any atom is -0.456 e. The molecular formula is C53H33N3O. The molecule has 4 heteroatoms. The Kier molecular flexibility index (Phi) is 7.78. The predicted octanol–water partition coefficient (Wildman–Crippen LogP) is 14.1. The van der Waals surface area contributed by atoms with Crippen LogP contribution < -0.4 is 0 Å². The first kappa shape index (κ1) is 32.7. The number of furan rings is 1. The van der Waals surface area contributed by atoms with Gasteiger partial charge in [-0.1, -0.05) is 170 Å². The van der Waals surface area contributed by atoms with E-state index in [0.717, 1.165) is 55.7 Å². The van der Waals surface area contributed by atoms with Crippen molar-refractivity contribution in [3.8, 4) is 67.7 Å². The van der Waals surface area contributed by atoms with Crippen molar-refractivity contribution in [3.63, 3.8) is 0 Å². The summed E-state index contributed by atoms with van der Waals surface area (Å²) >= 11 is 0. The van der Waals surface area contributed by atoms with Gasteiger partial charge in [0.15, 0.2) is 17.5 Å². The lowest BCUT2D eigenvalue weighted by Gasteiger charge is -2.14. The fraction of sp³-hybridized carbons (Fsp3) is 0. The number of benzene rings is 9. The maximum Gasteiger partial charge on any atom is 0.164 e. The maximum absolute atomic E-state index is 6.26. The Labute approximate surface area is 329 Å². The number of fused-ring (bicyclic) bond motifs is 5. The van der Waals surface area contributed by atoms with Crippen molar-refractivity contribution >= 4 is 43.3 Å². The Morgan fingerprint density at radius 3 is 1.60 bits per heavy atom. The summed E-state index contributed by atoms with van der Waals surface area (Å²) in [6.07, 6.45) is 0. The second-order valence-corrected chi connectivity index (χ2v) is 14.4. The van der Waals surface area contributed by atoms with Crippen molar-refractivity contribution in [2.24, 2.45) is 0 Å². The standard InChI is InChI=1S/C53H33N3O/c1-2-12-34(13-3-1)38-17-10-19-42(30-38)52-54-51(55-53(56-52)43-20-11-18-40(31-43)49-33-41-16-6-9-23-48(41)57-49)37-26-24-36(25-27-37)50-45-22-8-5-15-39(45)32-47-44-21-7-4-14-35(44)28-29-46(47)50/h1-33H. The van der Waals surface area contributed by atoms with Gasteiger partial charge in [-0.15, -0.1) is 0 Å². The average molecular weight is 728 g/mol. The Morgan fingerprint density at radius 1 is 0.281 bits per heavy atom. The Hall–Kier alpha value is -7.69. The molecule has 0 atom stereocenters. The normalized spacial score (nSPS) is 11.5.